The third-order valence-electron chi connectivity index (χ3n) is 4.12. The zero-order chi connectivity index (χ0) is 19.5. The molecule has 142 valence electrons. The zero-order valence-corrected chi connectivity index (χ0v) is 14.9. The predicted octanol–water partition coefficient (Wildman–Crippen LogP) is 1.96. The van der Waals surface area contributed by atoms with Crippen molar-refractivity contribution in [1.82, 2.24) is 20.0 Å². The van der Waals surface area contributed by atoms with E-state index in [-0.39, 0.29) is 24.8 Å². The SMILES string of the molecule is COc1cccc(CNC(=O)c2nc(Cn3c(=O)oc4ccccc43)no2)c1. The summed E-state index contributed by atoms with van der Waals surface area (Å²) in [6.07, 6.45) is 0. The normalized spacial score (nSPS) is 10.9. The first kappa shape index (κ1) is 17.5. The number of para-hydroxylation sites is 2. The molecule has 4 aromatic rings. The molecule has 0 fully saturated rings. The van der Waals surface area contributed by atoms with Crippen molar-refractivity contribution in [2.24, 2.45) is 0 Å². The highest BCUT2D eigenvalue weighted by molar-refractivity contribution is 5.89. The molecule has 0 aliphatic heterocycles. The van der Waals surface area contributed by atoms with E-state index in [1.165, 1.54) is 4.57 Å². The van der Waals surface area contributed by atoms with E-state index in [2.05, 4.69) is 15.5 Å². The topological polar surface area (TPSA) is 112 Å². The first-order valence-corrected chi connectivity index (χ1v) is 8.46. The number of oxazole rings is 1. The largest absolute Gasteiger partial charge is 0.497 e. The van der Waals surface area contributed by atoms with Crippen LogP contribution in [0.15, 0.2) is 62.3 Å². The van der Waals surface area contributed by atoms with Gasteiger partial charge in [0, 0.05) is 6.54 Å². The van der Waals surface area contributed by atoms with E-state index in [0.29, 0.717) is 16.8 Å². The summed E-state index contributed by atoms with van der Waals surface area (Å²) in [4.78, 5) is 28.3. The fourth-order valence-electron chi connectivity index (χ4n) is 2.76. The molecule has 0 unspecified atom stereocenters. The Balaban J connectivity index is 1.45. The van der Waals surface area contributed by atoms with Gasteiger partial charge in [-0.1, -0.05) is 29.4 Å². The first-order chi connectivity index (χ1) is 13.6. The molecule has 4 rings (SSSR count). The Labute approximate surface area is 158 Å². The van der Waals surface area contributed by atoms with Gasteiger partial charge in [-0.2, -0.15) is 4.98 Å². The molecule has 9 nitrogen and oxygen atoms in total. The zero-order valence-electron chi connectivity index (χ0n) is 14.9. The number of carbonyl (C=O) groups excluding carboxylic acids is 1. The monoisotopic (exact) mass is 380 g/mol. The van der Waals surface area contributed by atoms with Crippen molar-refractivity contribution in [1.29, 1.82) is 0 Å². The smallest absolute Gasteiger partial charge is 0.420 e. The van der Waals surface area contributed by atoms with E-state index in [4.69, 9.17) is 13.7 Å². The number of ether oxygens (including phenoxy) is 1. The van der Waals surface area contributed by atoms with Crippen molar-refractivity contribution in [3.8, 4) is 5.75 Å². The number of fused-ring (bicyclic) bond motifs is 1. The van der Waals surface area contributed by atoms with E-state index in [9.17, 15) is 9.59 Å². The van der Waals surface area contributed by atoms with Gasteiger partial charge in [-0.15, -0.1) is 0 Å². The Morgan fingerprint density at radius 1 is 1.21 bits per heavy atom. The average Bonchev–Trinajstić information content (AvgIpc) is 3.31. The summed E-state index contributed by atoms with van der Waals surface area (Å²) in [7, 11) is 1.58. The van der Waals surface area contributed by atoms with Gasteiger partial charge in [-0.05, 0) is 29.8 Å². The van der Waals surface area contributed by atoms with Crippen LogP contribution in [0.5, 0.6) is 5.75 Å². The van der Waals surface area contributed by atoms with Crippen molar-refractivity contribution in [3.63, 3.8) is 0 Å². The van der Waals surface area contributed by atoms with Gasteiger partial charge in [0.05, 0.1) is 19.2 Å². The molecule has 0 saturated carbocycles. The van der Waals surface area contributed by atoms with Crippen LogP contribution in [0.3, 0.4) is 0 Å². The lowest BCUT2D eigenvalue weighted by Crippen LogP contribution is -2.23. The van der Waals surface area contributed by atoms with Crippen molar-refractivity contribution in [2.75, 3.05) is 7.11 Å². The summed E-state index contributed by atoms with van der Waals surface area (Å²) in [5.41, 5.74) is 1.94. The molecule has 28 heavy (non-hydrogen) atoms. The maximum Gasteiger partial charge on any atom is 0.420 e. The summed E-state index contributed by atoms with van der Waals surface area (Å²) >= 11 is 0. The number of nitrogens with zero attached hydrogens (tertiary/aromatic N) is 3. The Bertz CT molecular complexity index is 1190. The van der Waals surface area contributed by atoms with Crippen LogP contribution in [0.25, 0.3) is 11.1 Å². The van der Waals surface area contributed by atoms with Crippen LogP contribution in [0.4, 0.5) is 0 Å². The Morgan fingerprint density at radius 3 is 2.93 bits per heavy atom. The van der Waals surface area contributed by atoms with Gasteiger partial charge in [-0.25, -0.2) is 4.79 Å². The molecule has 1 amide bonds. The number of carbonyl (C=O) groups is 1. The van der Waals surface area contributed by atoms with Gasteiger partial charge >= 0.3 is 17.6 Å². The Morgan fingerprint density at radius 2 is 2.07 bits per heavy atom. The lowest BCUT2D eigenvalue weighted by atomic mass is 10.2. The number of methoxy groups -OCH3 is 1. The summed E-state index contributed by atoms with van der Waals surface area (Å²) in [6.45, 7) is 0.308. The molecular weight excluding hydrogens is 364 g/mol. The Kier molecular flexibility index (Phi) is 4.63. The molecule has 0 bridgehead atoms. The molecule has 0 radical (unpaired) electrons. The molecule has 2 aromatic heterocycles. The van der Waals surface area contributed by atoms with Gasteiger partial charge in [0.1, 0.15) is 5.75 Å². The molecule has 2 aromatic carbocycles. The van der Waals surface area contributed by atoms with Gasteiger partial charge in [0.25, 0.3) is 0 Å². The van der Waals surface area contributed by atoms with E-state index in [1.54, 1.807) is 31.4 Å². The molecule has 9 heteroatoms. The Hall–Kier alpha value is -3.88. The number of amides is 1. The van der Waals surface area contributed by atoms with E-state index in [1.807, 2.05) is 24.3 Å². The number of aromatic nitrogens is 3. The van der Waals surface area contributed by atoms with Crippen LogP contribution in [0, 0.1) is 0 Å². The second-order valence-electron chi connectivity index (χ2n) is 5.97. The number of hydrogen-bond donors (Lipinski definition) is 1. The third kappa shape index (κ3) is 3.50. The van der Waals surface area contributed by atoms with Gasteiger partial charge in [0.2, 0.25) is 0 Å². The molecule has 0 spiro atoms. The van der Waals surface area contributed by atoms with Crippen LogP contribution >= 0.6 is 0 Å². The van der Waals surface area contributed by atoms with Crippen LogP contribution in [0.1, 0.15) is 22.1 Å². The second kappa shape index (κ2) is 7.39. The summed E-state index contributed by atoms with van der Waals surface area (Å²) in [5, 5.41) is 6.48. The molecule has 0 aliphatic rings. The van der Waals surface area contributed by atoms with E-state index in [0.717, 1.165) is 5.56 Å². The maximum absolute atomic E-state index is 12.2. The van der Waals surface area contributed by atoms with Gasteiger partial charge in [-0.3, -0.25) is 9.36 Å². The van der Waals surface area contributed by atoms with Crippen molar-refractivity contribution >= 4 is 17.0 Å². The molecule has 2 heterocycles. The highest BCUT2D eigenvalue weighted by Gasteiger charge is 2.17. The minimum Gasteiger partial charge on any atom is -0.497 e. The maximum atomic E-state index is 12.2. The van der Waals surface area contributed by atoms with Crippen molar-refractivity contribution in [3.05, 3.63) is 76.4 Å². The standard InChI is InChI=1S/C19H16N4O5/c1-26-13-6-4-5-12(9-13)10-20-17(24)18-21-16(22-28-18)11-23-14-7-2-3-8-15(14)27-19(23)25/h2-9H,10-11H2,1H3,(H,20,24). The van der Waals surface area contributed by atoms with Crippen molar-refractivity contribution < 1.29 is 18.5 Å². The molecule has 0 aliphatic carbocycles. The van der Waals surface area contributed by atoms with Crippen LogP contribution < -0.4 is 15.8 Å². The highest BCUT2D eigenvalue weighted by atomic mass is 16.5. The number of rotatable bonds is 6. The van der Waals surface area contributed by atoms with Crippen LogP contribution in [0.2, 0.25) is 0 Å². The van der Waals surface area contributed by atoms with E-state index < -0.39 is 11.7 Å². The fourth-order valence-corrected chi connectivity index (χ4v) is 2.76. The van der Waals surface area contributed by atoms with E-state index >= 15 is 0 Å². The minimum atomic E-state index is -0.532. The summed E-state index contributed by atoms with van der Waals surface area (Å²) < 4.78 is 16.7. The molecule has 0 saturated heterocycles. The number of nitrogens with one attached hydrogen (secondary N) is 1. The number of benzene rings is 2. The minimum absolute atomic E-state index is 0.0303. The fraction of sp³-hybridized carbons (Fsp3) is 0.158. The summed E-state index contributed by atoms with van der Waals surface area (Å²) in [5.74, 6) is -0.329. The first-order valence-electron chi connectivity index (χ1n) is 8.46. The highest BCUT2D eigenvalue weighted by Crippen LogP contribution is 2.14. The van der Waals surface area contributed by atoms with Gasteiger partial charge < -0.3 is 19.0 Å². The quantitative estimate of drug-likeness (QED) is 0.544. The lowest BCUT2D eigenvalue weighted by Gasteiger charge is -2.04. The van der Waals surface area contributed by atoms with Crippen LogP contribution in [-0.2, 0) is 13.1 Å². The van der Waals surface area contributed by atoms with Crippen LogP contribution in [-0.4, -0.2) is 27.7 Å². The molecule has 0 atom stereocenters. The van der Waals surface area contributed by atoms with Gasteiger partial charge in [0.15, 0.2) is 11.4 Å². The predicted molar refractivity (Wildman–Crippen MR) is 98.0 cm³/mol. The van der Waals surface area contributed by atoms with Crippen molar-refractivity contribution in [2.45, 2.75) is 13.1 Å². The third-order valence-corrected chi connectivity index (χ3v) is 4.12. The lowest BCUT2D eigenvalue weighted by molar-refractivity contribution is 0.0907. The molecular formula is C19H16N4O5. The second-order valence-corrected chi connectivity index (χ2v) is 5.97. The summed E-state index contributed by atoms with van der Waals surface area (Å²) in [6, 6.07) is 14.3. The number of hydrogen-bond acceptors (Lipinski definition) is 7. The molecule has 1 N–H and O–H groups in total. The average molecular weight is 380 g/mol.